The van der Waals surface area contributed by atoms with Crippen LogP contribution in [0.4, 0.5) is 0 Å². The van der Waals surface area contributed by atoms with Gasteiger partial charge in [-0.1, -0.05) is 6.42 Å². The van der Waals surface area contributed by atoms with E-state index in [9.17, 15) is 9.59 Å². The predicted octanol–water partition coefficient (Wildman–Crippen LogP) is 4.05. The van der Waals surface area contributed by atoms with Crippen LogP contribution in [0.1, 0.15) is 94.4 Å². The first-order valence-electron chi connectivity index (χ1n) is 12.1. The number of piperidine rings is 1. The van der Waals surface area contributed by atoms with Crippen LogP contribution in [0.15, 0.2) is 6.07 Å². The van der Waals surface area contributed by atoms with Gasteiger partial charge in [0.05, 0.1) is 11.7 Å². The van der Waals surface area contributed by atoms with Crippen molar-refractivity contribution in [2.75, 3.05) is 6.54 Å². The van der Waals surface area contributed by atoms with Gasteiger partial charge in [0, 0.05) is 41.9 Å². The maximum absolute atomic E-state index is 13.0. The standard InChI is InChI=1S/C25H37N5O2/c1-16-19(12-13-23(31)27-25(3,4)5)17(2)30-22(26-16)15-20(28-30)21-11-6-7-14-29(21)24(32)18-9-8-10-18/h15,18,21H,6-14H2,1-5H3,(H,27,31). The van der Waals surface area contributed by atoms with E-state index < -0.39 is 0 Å². The highest BCUT2D eigenvalue weighted by atomic mass is 16.2. The Morgan fingerprint density at radius 3 is 2.53 bits per heavy atom. The fraction of sp³-hybridized carbons (Fsp3) is 0.680. The summed E-state index contributed by atoms with van der Waals surface area (Å²) >= 11 is 0. The molecule has 7 nitrogen and oxygen atoms in total. The van der Waals surface area contributed by atoms with Crippen LogP contribution in [0.3, 0.4) is 0 Å². The van der Waals surface area contributed by atoms with Crippen LogP contribution in [0.5, 0.6) is 0 Å². The first-order valence-corrected chi connectivity index (χ1v) is 12.1. The predicted molar refractivity (Wildman–Crippen MR) is 124 cm³/mol. The average Bonchev–Trinajstić information content (AvgIpc) is 3.09. The fourth-order valence-electron chi connectivity index (χ4n) is 4.98. The Morgan fingerprint density at radius 1 is 1.12 bits per heavy atom. The Labute approximate surface area is 191 Å². The fourth-order valence-corrected chi connectivity index (χ4v) is 4.98. The highest BCUT2D eigenvalue weighted by molar-refractivity contribution is 5.80. The van der Waals surface area contributed by atoms with Crippen LogP contribution in [-0.4, -0.2) is 43.4 Å². The van der Waals surface area contributed by atoms with Crippen molar-refractivity contribution in [3.05, 3.63) is 28.7 Å². The van der Waals surface area contributed by atoms with Gasteiger partial charge in [-0.2, -0.15) is 5.10 Å². The minimum atomic E-state index is -0.233. The number of nitrogens with one attached hydrogen (secondary N) is 1. The summed E-state index contributed by atoms with van der Waals surface area (Å²) < 4.78 is 1.90. The Bertz CT molecular complexity index is 1020. The third-order valence-corrected chi connectivity index (χ3v) is 6.88. The summed E-state index contributed by atoms with van der Waals surface area (Å²) in [5.41, 5.74) is 4.56. The van der Waals surface area contributed by atoms with Gasteiger partial charge in [-0.25, -0.2) is 9.50 Å². The molecule has 0 aromatic carbocycles. The van der Waals surface area contributed by atoms with Crippen molar-refractivity contribution in [3.63, 3.8) is 0 Å². The molecular formula is C25H37N5O2. The van der Waals surface area contributed by atoms with Gasteiger partial charge in [0.25, 0.3) is 0 Å². The molecular weight excluding hydrogens is 402 g/mol. The summed E-state index contributed by atoms with van der Waals surface area (Å²) in [4.78, 5) is 32.2. The lowest BCUT2D eigenvalue weighted by atomic mass is 9.83. The average molecular weight is 440 g/mol. The molecule has 0 radical (unpaired) electrons. The van der Waals surface area contributed by atoms with Gasteiger partial charge in [-0.05, 0) is 78.7 Å². The number of aryl methyl sites for hydroxylation is 2. The van der Waals surface area contributed by atoms with E-state index in [0.29, 0.717) is 18.7 Å². The van der Waals surface area contributed by atoms with E-state index in [2.05, 4.69) is 10.2 Å². The van der Waals surface area contributed by atoms with E-state index in [0.717, 1.165) is 66.9 Å². The lowest BCUT2D eigenvalue weighted by molar-refractivity contribution is -0.142. The number of rotatable bonds is 5. The molecule has 1 aliphatic heterocycles. The molecule has 1 saturated carbocycles. The second-order valence-electron chi connectivity index (χ2n) is 10.6. The van der Waals surface area contributed by atoms with Crippen molar-refractivity contribution in [2.45, 2.75) is 97.6 Å². The summed E-state index contributed by atoms with van der Waals surface area (Å²) in [7, 11) is 0. The van der Waals surface area contributed by atoms with E-state index in [4.69, 9.17) is 10.1 Å². The van der Waals surface area contributed by atoms with E-state index >= 15 is 0 Å². The summed E-state index contributed by atoms with van der Waals surface area (Å²) in [6, 6.07) is 2.09. The highest BCUT2D eigenvalue weighted by Crippen LogP contribution is 2.36. The van der Waals surface area contributed by atoms with Crippen molar-refractivity contribution in [2.24, 2.45) is 5.92 Å². The van der Waals surface area contributed by atoms with Crippen molar-refractivity contribution in [1.29, 1.82) is 0 Å². The molecule has 4 rings (SSSR count). The number of nitrogens with zero attached hydrogens (tertiary/aromatic N) is 4. The minimum absolute atomic E-state index is 0.0410. The summed E-state index contributed by atoms with van der Waals surface area (Å²) in [6.45, 7) is 10.9. The normalized spacial score (nSPS) is 19.8. The van der Waals surface area contributed by atoms with Crippen molar-refractivity contribution in [3.8, 4) is 0 Å². The number of fused-ring (bicyclic) bond motifs is 1. The largest absolute Gasteiger partial charge is 0.351 e. The first kappa shape index (κ1) is 22.7. The molecule has 1 saturated heterocycles. The molecule has 174 valence electrons. The Hall–Kier alpha value is -2.44. The number of likely N-dealkylation sites (tertiary alicyclic amines) is 1. The van der Waals surface area contributed by atoms with E-state index in [1.165, 1.54) is 6.42 Å². The van der Waals surface area contributed by atoms with Gasteiger partial charge in [-0.15, -0.1) is 0 Å². The Balaban J connectivity index is 1.57. The zero-order chi connectivity index (χ0) is 23.0. The molecule has 2 aromatic rings. The number of hydrogen-bond donors (Lipinski definition) is 1. The van der Waals surface area contributed by atoms with E-state index in [1.54, 1.807) is 0 Å². The van der Waals surface area contributed by atoms with Gasteiger partial charge in [0.2, 0.25) is 11.8 Å². The molecule has 2 aliphatic rings. The van der Waals surface area contributed by atoms with Gasteiger partial charge in [0.1, 0.15) is 0 Å². The molecule has 2 aromatic heterocycles. The zero-order valence-corrected chi connectivity index (χ0v) is 20.2. The highest BCUT2D eigenvalue weighted by Gasteiger charge is 2.36. The lowest BCUT2D eigenvalue weighted by Crippen LogP contribution is -2.43. The van der Waals surface area contributed by atoms with Crippen LogP contribution in [0.2, 0.25) is 0 Å². The minimum Gasteiger partial charge on any atom is -0.351 e. The Morgan fingerprint density at radius 2 is 1.88 bits per heavy atom. The maximum atomic E-state index is 13.0. The molecule has 1 atom stereocenters. The number of carbonyl (C=O) groups is 2. The topological polar surface area (TPSA) is 79.6 Å². The molecule has 1 aliphatic carbocycles. The van der Waals surface area contributed by atoms with Gasteiger partial charge >= 0.3 is 0 Å². The first-order chi connectivity index (χ1) is 15.1. The molecule has 2 fully saturated rings. The quantitative estimate of drug-likeness (QED) is 0.762. The van der Waals surface area contributed by atoms with E-state index in [-0.39, 0.29) is 23.4 Å². The summed E-state index contributed by atoms with van der Waals surface area (Å²) in [6.07, 6.45) is 7.42. The molecule has 1 unspecified atom stereocenters. The SMILES string of the molecule is Cc1nc2cc(C3CCCCN3C(=O)C3CCC3)nn2c(C)c1CCC(=O)NC(C)(C)C. The Kier molecular flexibility index (Phi) is 6.28. The van der Waals surface area contributed by atoms with Gasteiger partial charge < -0.3 is 10.2 Å². The van der Waals surface area contributed by atoms with E-state index in [1.807, 2.05) is 45.2 Å². The molecule has 32 heavy (non-hydrogen) atoms. The van der Waals surface area contributed by atoms with Gasteiger partial charge in [0.15, 0.2) is 5.65 Å². The number of carbonyl (C=O) groups excluding carboxylic acids is 2. The number of aromatic nitrogens is 3. The molecule has 0 bridgehead atoms. The molecule has 2 amide bonds. The molecule has 3 heterocycles. The maximum Gasteiger partial charge on any atom is 0.226 e. The van der Waals surface area contributed by atoms with Crippen LogP contribution in [0, 0.1) is 19.8 Å². The summed E-state index contributed by atoms with van der Waals surface area (Å²) in [5.74, 6) is 0.565. The summed E-state index contributed by atoms with van der Waals surface area (Å²) in [5, 5.41) is 7.95. The van der Waals surface area contributed by atoms with Crippen molar-refractivity contribution < 1.29 is 9.59 Å². The third kappa shape index (κ3) is 4.66. The van der Waals surface area contributed by atoms with Crippen LogP contribution in [-0.2, 0) is 16.0 Å². The van der Waals surface area contributed by atoms with Crippen molar-refractivity contribution in [1.82, 2.24) is 24.8 Å². The van der Waals surface area contributed by atoms with Crippen LogP contribution in [0.25, 0.3) is 5.65 Å². The third-order valence-electron chi connectivity index (χ3n) is 6.88. The smallest absolute Gasteiger partial charge is 0.226 e. The van der Waals surface area contributed by atoms with Crippen LogP contribution < -0.4 is 5.32 Å². The van der Waals surface area contributed by atoms with Crippen molar-refractivity contribution >= 4 is 17.5 Å². The van der Waals surface area contributed by atoms with Crippen LogP contribution >= 0.6 is 0 Å². The lowest BCUT2D eigenvalue weighted by Gasteiger charge is -2.39. The molecule has 1 N–H and O–H groups in total. The number of amides is 2. The monoisotopic (exact) mass is 439 g/mol. The number of hydrogen-bond acceptors (Lipinski definition) is 4. The van der Waals surface area contributed by atoms with Gasteiger partial charge in [-0.3, -0.25) is 9.59 Å². The molecule has 0 spiro atoms. The molecule has 7 heteroatoms. The zero-order valence-electron chi connectivity index (χ0n) is 20.2. The second kappa shape index (κ2) is 8.83. The second-order valence-corrected chi connectivity index (χ2v) is 10.6.